The van der Waals surface area contributed by atoms with Gasteiger partial charge in [-0.25, -0.2) is 0 Å². The van der Waals surface area contributed by atoms with E-state index in [0.29, 0.717) is 0 Å². The van der Waals surface area contributed by atoms with Crippen LogP contribution in [0.2, 0.25) is 0 Å². The third-order valence-corrected chi connectivity index (χ3v) is 2.50. The van der Waals surface area contributed by atoms with Crippen molar-refractivity contribution in [3.05, 3.63) is 35.9 Å². The average molecular weight is 221 g/mol. The summed E-state index contributed by atoms with van der Waals surface area (Å²) in [5.41, 5.74) is -1.07. The van der Waals surface area contributed by atoms with Crippen molar-refractivity contribution in [2.75, 3.05) is 0 Å². The fourth-order valence-electron chi connectivity index (χ4n) is 1.20. The number of halogens is 1. The molecule has 2 unspecified atom stereocenters. The monoisotopic (exact) mass is 220 g/mol. The minimum atomic E-state index is -1.84. The molecule has 3 nitrogen and oxygen atoms in total. The second-order valence-electron chi connectivity index (χ2n) is 3.19. The predicted octanol–water partition coefficient (Wildman–Crippen LogP) is 1.61. The number of nitriles is 2. The van der Waals surface area contributed by atoms with Gasteiger partial charge in [0.25, 0.3) is 0 Å². The van der Waals surface area contributed by atoms with Gasteiger partial charge in [-0.2, -0.15) is 10.5 Å². The Morgan fingerprint density at radius 2 is 1.93 bits per heavy atom. The Labute approximate surface area is 93.1 Å². The summed E-state index contributed by atoms with van der Waals surface area (Å²) in [5, 5.41) is 26.0. The molecule has 1 aromatic carbocycles. The van der Waals surface area contributed by atoms with Gasteiger partial charge in [0.1, 0.15) is 6.07 Å². The first-order valence-electron chi connectivity index (χ1n) is 4.33. The van der Waals surface area contributed by atoms with Gasteiger partial charge in [-0.15, -0.1) is 11.6 Å². The van der Waals surface area contributed by atoms with Crippen molar-refractivity contribution in [2.24, 2.45) is 0 Å². The summed E-state index contributed by atoms with van der Waals surface area (Å²) >= 11 is 5.59. The Hall–Kier alpha value is -1.55. The van der Waals surface area contributed by atoms with E-state index in [1.54, 1.807) is 36.4 Å². The molecule has 1 rings (SSSR count). The minimum absolute atomic E-state index is 0.0477. The van der Waals surface area contributed by atoms with Crippen LogP contribution in [0, 0.1) is 22.7 Å². The molecule has 0 aliphatic rings. The summed E-state index contributed by atoms with van der Waals surface area (Å²) < 4.78 is 0. The summed E-state index contributed by atoms with van der Waals surface area (Å²) in [6, 6.07) is 12.3. The number of rotatable bonds is 3. The smallest absolute Gasteiger partial charge is 0.184 e. The molecule has 0 amide bonds. The summed E-state index contributed by atoms with van der Waals surface area (Å²) in [6.45, 7) is 0. The molecular formula is C11H9ClN2O. The van der Waals surface area contributed by atoms with E-state index < -0.39 is 11.0 Å². The highest BCUT2D eigenvalue weighted by atomic mass is 35.5. The van der Waals surface area contributed by atoms with Crippen LogP contribution in [0.5, 0.6) is 0 Å². The van der Waals surface area contributed by atoms with E-state index >= 15 is 0 Å². The highest BCUT2D eigenvalue weighted by Gasteiger charge is 2.36. The van der Waals surface area contributed by atoms with E-state index in [2.05, 4.69) is 0 Å². The van der Waals surface area contributed by atoms with Gasteiger partial charge in [0.05, 0.1) is 6.07 Å². The lowest BCUT2D eigenvalue weighted by atomic mass is 9.93. The molecule has 1 aromatic rings. The molecule has 1 N–H and O–H groups in total. The van der Waals surface area contributed by atoms with Crippen molar-refractivity contribution in [2.45, 2.75) is 17.4 Å². The molecule has 76 valence electrons. The Bertz CT molecular complexity index is 407. The zero-order valence-electron chi connectivity index (χ0n) is 7.89. The lowest BCUT2D eigenvalue weighted by Crippen LogP contribution is -2.38. The first-order valence-corrected chi connectivity index (χ1v) is 4.77. The third kappa shape index (κ3) is 2.70. The molecule has 0 aliphatic heterocycles. The van der Waals surface area contributed by atoms with Crippen LogP contribution < -0.4 is 0 Å². The van der Waals surface area contributed by atoms with Gasteiger partial charge in [0, 0.05) is 6.42 Å². The summed E-state index contributed by atoms with van der Waals surface area (Å²) in [5.74, 6) is 0. The van der Waals surface area contributed by atoms with E-state index in [9.17, 15) is 5.11 Å². The molecule has 0 saturated carbocycles. The number of benzene rings is 1. The van der Waals surface area contributed by atoms with Crippen molar-refractivity contribution in [1.29, 1.82) is 10.5 Å². The van der Waals surface area contributed by atoms with Gasteiger partial charge in [-0.3, -0.25) is 0 Å². The van der Waals surface area contributed by atoms with Gasteiger partial charge in [0.15, 0.2) is 11.0 Å². The molecule has 4 heteroatoms. The van der Waals surface area contributed by atoms with Crippen LogP contribution in [0.4, 0.5) is 0 Å². The van der Waals surface area contributed by atoms with Gasteiger partial charge in [-0.05, 0) is 5.56 Å². The molecule has 0 spiro atoms. The second kappa shape index (κ2) is 4.79. The fourth-order valence-corrected chi connectivity index (χ4v) is 1.33. The third-order valence-electron chi connectivity index (χ3n) is 2.04. The van der Waals surface area contributed by atoms with E-state index in [-0.39, 0.29) is 6.42 Å². The summed E-state index contributed by atoms with van der Waals surface area (Å²) in [4.78, 5) is 0. The molecule has 0 fully saturated rings. The fraction of sp³-hybridized carbons (Fsp3) is 0.273. The maximum atomic E-state index is 9.83. The average Bonchev–Trinajstić information content (AvgIpc) is 2.29. The van der Waals surface area contributed by atoms with Crippen LogP contribution in [-0.4, -0.2) is 16.1 Å². The van der Waals surface area contributed by atoms with Crippen molar-refractivity contribution >= 4 is 11.6 Å². The van der Waals surface area contributed by atoms with Crippen LogP contribution in [0.15, 0.2) is 30.3 Å². The van der Waals surface area contributed by atoms with Crippen LogP contribution in [0.25, 0.3) is 0 Å². The lowest BCUT2D eigenvalue weighted by molar-refractivity contribution is 0.108. The molecule has 0 aliphatic carbocycles. The predicted molar refractivity (Wildman–Crippen MR) is 56.0 cm³/mol. The standard InChI is InChI=1S/C11H9ClN2O/c12-10(7-13)11(15,8-14)6-9-4-2-1-3-5-9/h1-5,10,15H,6H2. The highest BCUT2D eigenvalue weighted by Crippen LogP contribution is 2.20. The first-order chi connectivity index (χ1) is 7.12. The van der Waals surface area contributed by atoms with Crippen molar-refractivity contribution in [3.8, 4) is 12.1 Å². The summed E-state index contributed by atoms with van der Waals surface area (Å²) in [6.07, 6.45) is 0.0477. The highest BCUT2D eigenvalue weighted by molar-refractivity contribution is 6.23. The minimum Gasteiger partial charge on any atom is -0.373 e. The van der Waals surface area contributed by atoms with Gasteiger partial charge < -0.3 is 5.11 Å². The van der Waals surface area contributed by atoms with Crippen molar-refractivity contribution < 1.29 is 5.11 Å². The zero-order valence-corrected chi connectivity index (χ0v) is 8.65. The summed E-state index contributed by atoms with van der Waals surface area (Å²) in [7, 11) is 0. The maximum Gasteiger partial charge on any atom is 0.184 e. The Kier molecular flexibility index (Phi) is 3.68. The van der Waals surface area contributed by atoms with Gasteiger partial charge in [0.2, 0.25) is 0 Å². The number of hydrogen-bond acceptors (Lipinski definition) is 3. The second-order valence-corrected chi connectivity index (χ2v) is 3.63. The topological polar surface area (TPSA) is 67.8 Å². The Balaban J connectivity index is 2.89. The zero-order chi connectivity index (χ0) is 11.3. The van der Waals surface area contributed by atoms with E-state index in [0.717, 1.165) is 5.56 Å². The maximum absolute atomic E-state index is 9.83. The molecule has 0 saturated heterocycles. The van der Waals surface area contributed by atoms with Crippen molar-refractivity contribution in [3.63, 3.8) is 0 Å². The molecule has 0 radical (unpaired) electrons. The number of nitrogens with zero attached hydrogens (tertiary/aromatic N) is 2. The van der Waals surface area contributed by atoms with Gasteiger partial charge in [-0.1, -0.05) is 30.3 Å². The number of aliphatic hydroxyl groups is 1. The molecule has 0 heterocycles. The van der Waals surface area contributed by atoms with Gasteiger partial charge >= 0.3 is 0 Å². The van der Waals surface area contributed by atoms with E-state index in [1.165, 1.54) is 0 Å². The number of alkyl halides is 1. The van der Waals surface area contributed by atoms with Crippen molar-refractivity contribution in [1.82, 2.24) is 0 Å². The number of hydrogen-bond donors (Lipinski definition) is 1. The SMILES string of the molecule is N#CC(Cl)C(O)(C#N)Cc1ccccc1. The van der Waals surface area contributed by atoms with Crippen LogP contribution >= 0.6 is 11.6 Å². The Morgan fingerprint density at radius 3 is 2.40 bits per heavy atom. The molecule has 2 atom stereocenters. The van der Waals surface area contributed by atoms with Crippen LogP contribution in [-0.2, 0) is 6.42 Å². The molecular weight excluding hydrogens is 212 g/mol. The van der Waals surface area contributed by atoms with E-state index in [1.807, 2.05) is 6.07 Å². The van der Waals surface area contributed by atoms with Crippen LogP contribution in [0.3, 0.4) is 0 Å². The largest absolute Gasteiger partial charge is 0.373 e. The quantitative estimate of drug-likeness (QED) is 0.622. The van der Waals surface area contributed by atoms with Crippen LogP contribution in [0.1, 0.15) is 5.56 Å². The lowest BCUT2D eigenvalue weighted by Gasteiger charge is -2.20. The Morgan fingerprint density at radius 1 is 1.33 bits per heavy atom. The molecule has 15 heavy (non-hydrogen) atoms. The normalized spacial score (nSPS) is 15.7. The van der Waals surface area contributed by atoms with E-state index in [4.69, 9.17) is 22.1 Å². The first kappa shape index (κ1) is 11.5. The molecule has 0 bridgehead atoms. The molecule has 0 aromatic heterocycles.